The van der Waals surface area contributed by atoms with E-state index in [0.717, 1.165) is 7.11 Å². The number of carbonyl (C=O) groups is 3. The zero-order chi connectivity index (χ0) is 24.1. The topological polar surface area (TPSA) is 111 Å². The van der Waals surface area contributed by atoms with Crippen molar-refractivity contribution in [2.24, 2.45) is 5.73 Å². The molecule has 0 saturated carbocycles. The molecule has 0 aromatic heterocycles. The van der Waals surface area contributed by atoms with Crippen LogP contribution in [0.1, 0.15) is 44.0 Å². The molecule has 0 spiro atoms. The Labute approximate surface area is 185 Å². The van der Waals surface area contributed by atoms with E-state index in [-0.39, 0.29) is 17.0 Å². The van der Waals surface area contributed by atoms with Crippen LogP contribution < -0.4 is 15.4 Å². The molecule has 0 radical (unpaired) electrons. The minimum Gasteiger partial charge on any atom is -0.488 e. The number of piperidine rings is 1. The van der Waals surface area contributed by atoms with Crippen LogP contribution in [0.4, 0.5) is 24.1 Å². The highest BCUT2D eigenvalue weighted by Gasteiger charge is 2.33. The molecule has 0 aliphatic carbocycles. The van der Waals surface area contributed by atoms with E-state index in [9.17, 15) is 23.2 Å². The van der Waals surface area contributed by atoms with Crippen molar-refractivity contribution in [3.63, 3.8) is 0 Å². The average Bonchev–Trinajstić information content (AvgIpc) is 2.71. The monoisotopic (exact) mass is 457 g/mol. The van der Waals surface area contributed by atoms with Crippen LogP contribution in [-0.2, 0) is 9.47 Å². The standard InChI is InChI=1S/C21H29F2N3O6/c1-21(2,3)32-20(29)25-9-7-13(8-10-25)26(19(24)28)16-6-5-14(31-12-17(22)23)11-15(16)18(27)30-4/h5-6,11,13,17H,7-10,12H2,1-4H3,(H2,24,28). The predicted octanol–water partition coefficient (Wildman–Crippen LogP) is 3.40. The number of anilines is 1. The van der Waals surface area contributed by atoms with Crippen LogP contribution in [0.15, 0.2) is 18.2 Å². The Bertz CT molecular complexity index is 835. The van der Waals surface area contributed by atoms with Gasteiger partial charge in [0.2, 0.25) is 0 Å². The van der Waals surface area contributed by atoms with Crippen LogP contribution in [0.25, 0.3) is 0 Å². The first-order chi connectivity index (χ1) is 14.9. The summed E-state index contributed by atoms with van der Waals surface area (Å²) in [6, 6.07) is 2.80. The smallest absolute Gasteiger partial charge is 0.410 e. The van der Waals surface area contributed by atoms with Gasteiger partial charge in [-0.05, 0) is 51.8 Å². The fraction of sp³-hybridized carbons (Fsp3) is 0.571. The third kappa shape index (κ3) is 6.69. The van der Waals surface area contributed by atoms with Crippen molar-refractivity contribution in [3.05, 3.63) is 23.8 Å². The predicted molar refractivity (Wildman–Crippen MR) is 112 cm³/mol. The summed E-state index contributed by atoms with van der Waals surface area (Å²) < 4.78 is 40.0. The highest BCUT2D eigenvalue weighted by Crippen LogP contribution is 2.31. The SMILES string of the molecule is COC(=O)c1cc(OCC(F)F)ccc1N(C(N)=O)C1CCN(C(=O)OC(C)(C)C)CC1. The molecule has 2 N–H and O–H groups in total. The van der Waals surface area contributed by atoms with Crippen LogP contribution in [0.3, 0.4) is 0 Å². The van der Waals surface area contributed by atoms with E-state index in [1.807, 2.05) is 0 Å². The number of carbonyl (C=O) groups excluding carboxylic acids is 3. The van der Waals surface area contributed by atoms with Gasteiger partial charge in [0.1, 0.15) is 18.0 Å². The van der Waals surface area contributed by atoms with Crippen molar-refractivity contribution >= 4 is 23.8 Å². The van der Waals surface area contributed by atoms with E-state index in [1.165, 1.54) is 23.1 Å². The van der Waals surface area contributed by atoms with Gasteiger partial charge in [0.05, 0.1) is 18.4 Å². The summed E-state index contributed by atoms with van der Waals surface area (Å²) in [4.78, 5) is 39.8. The van der Waals surface area contributed by atoms with Gasteiger partial charge in [-0.15, -0.1) is 0 Å². The molecule has 0 bridgehead atoms. The van der Waals surface area contributed by atoms with Crippen molar-refractivity contribution in [2.45, 2.75) is 51.7 Å². The normalized spacial score (nSPS) is 14.8. The Morgan fingerprint density at radius 2 is 1.84 bits per heavy atom. The van der Waals surface area contributed by atoms with Gasteiger partial charge in [-0.25, -0.2) is 23.2 Å². The Balaban J connectivity index is 2.24. The minimum absolute atomic E-state index is 0.0265. The summed E-state index contributed by atoms with van der Waals surface area (Å²) in [6.07, 6.45) is -2.34. The number of rotatable bonds is 6. The number of amides is 3. The molecular formula is C21H29F2N3O6. The second-order valence-corrected chi connectivity index (χ2v) is 8.28. The third-order valence-corrected chi connectivity index (χ3v) is 4.73. The lowest BCUT2D eigenvalue weighted by Gasteiger charge is -2.38. The molecule has 1 aromatic carbocycles. The number of esters is 1. The Morgan fingerprint density at radius 3 is 2.34 bits per heavy atom. The summed E-state index contributed by atoms with van der Waals surface area (Å²) in [5.41, 5.74) is 5.12. The first kappa shape index (κ1) is 25.2. The lowest BCUT2D eigenvalue weighted by atomic mass is 10.0. The second kappa shape index (κ2) is 10.5. The van der Waals surface area contributed by atoms with E-state index < -0.39 is 42.8 Å². The van der Waals surface area contributed by atoms with Gasteiger partial charge in [0, 0.05) is 19.1 Å². The number of urea groups is 1. The number of methoxy groups -OCH3 is 1. The fourth-order valence-corrected chi connectivity index (χ4v) is 3.38. The summed E-state index contributed by atoms with van der Waals surface area (Å²) in [5, 5.41) is 0. The molecule has 1 saturated heterocycles. The molecule has 0 unspecified atom stereocenters. The first-order valence-corrected chi connectivity index (χ1v) is 10.1. The van der Waals surface area contributed by atoms with Crippen molar-refractivity contribution in [1.29, 1.82) is 0 Å². The number of primary amides is 1. The molecule has 1 fully saturated rings. The molecule has 3 amide bonds. The molecule has 1 heterocycles. The highest BCUT2D eigenvalue weighted by molar-refractivity contribution is 6.02. The molecule has 32 heavy (non-hydrogen) atoms. The van der Waals surface area contributed by atoms with E-state index in [0.29, 0.717) is 25.9 Å². The zero-order valence-electron chi connectivity index (χ0n) is 18.6. The Hall–Kier alpha value is -3.11. The van der Waals surface area contributed by atoms with Crippen LogP contribution in [0, 0.1) is 0 Å². The van der Waals surface area contributed by atoms with Crippen LogP contribution in [-0.4, -0.2) is 67.9 Å². The first-order valence-electron chi connectivity index (χ1n) is 10.1. The van der Waals surface area contributed by atoms with E-state index in [4.69, 9.17) is 19.9 Å². The second-order valence-electron chi connectivity index (χ2n) is 8.28. The van der Waals surface area contributed by atoms with Crippen molar-refractivity contribution < 1.29 is 37.4 Å². The van der Waals surface area contributed by atoms with Gasteiger partial charge in [-0.3, -0.25) is 4.90 Å². The van der Waals surface area contributed by atoms with E-state index >= 15 is 0 Å². The number of hydrogen-bond donors (Lipinski definition) is 1. The molecule has 0 atom stereocenters. The largest absolute Gasteiger partial charge is 0.488 e. The van der Waals surface area contributed by atoms with Crippen molar-refractivity contribution in [2.75, 3.05) is 31.7 Å². The van der Waals surface area contributed by atoms with E-state index in [2.05, 4.69) is 0 Å². The highest BCUT2D eigenvalue weighted by atomic mass is 19.3. The van der Waals surface area contributed by atoms with Crippen LogP contribution >= 0.6 is 0 Å². The van der Waals surface area contributed by atoms with Gasteiger partial charge in [0.25, 0.3) is 6.43 Å². The quantitative estimate of drug-likeness (QED) is 0.656. The van der Waals surface area contributed by atoms with Crippen LogP contribution in [0.5, 0.6) is 5.75 Å². The molecule has 1 aromatic rings. The number of likely N-dealkylation sites (tertiary alicyclic amines) is 1. The summed E-state index contributed by atoms with van der Waals surface area (Å²) in [5.74, 6) is -0.751. The Morgan fingerprint density at radius 1 is 1.22 bits per heavy atom. The van der Waals surface area contributed by atoms with Gasteiger partial charge in [-0.2, -0.15) is 0 Å². The minimum atomic E-state index is -2.69. The number of nitrogens with two attached hydrogens (primary N) is 1. The molecule has 9 nitrogen and oxygen atoms in total. The van der Waals surface area contributed by atoms with Gasteiger partial charge < -0.3 is 24.8 Å². The molecule has 1 aliphatic heterocycles. The number of benzene rings is 1. The lowest BCUT2D eigenvalue weighted by Crippen LogP contribution is -2.51. The number of halogens is 2. The molecule has 11 heteroatoms. The summed E-state index contributed by atoms with van der Waals surface area (Å²) in [7, 11) is 1.16. The molecule has 2 rings (SSSR count). The maximum atomic E-state index is 12.5. The molecule has 178 valence electrons. The average molecular weight is 457 g/mol. The number of ether oxygens (including phenoxy) is 3. The fourth-order valence-electron chi connectivity index (χ4n) is 3.38. The van der Waals surface area contributed by atoms with Gasteiger partial charge in [-0.1, -0.05) is 0 Å². The third-order valence-electron chi connectivity index (χ3n) is 4.73. The van der Waals surface area contributed by atoms with Crippen molar-refractivity contribution in [1.82, 2.24) is 4.90 Å². The Kier molecular flexibility index (Phi) is 8.23. The zero-order valence-corrected chi connectivity index (χ0v) is 18.6. The van der Waals surface area contributed by atoms with E-state index in [1.54, 1.807) is 25.7 Å². The summed E-state index contributed by atoms with van der Waals surface area (Å²) >= 11 is 0. The summed E-state index contributed by atoms with van der Waals surface area (Å²) in [6.45, 7) is 5.13. The maximum absolute atomic E-state index is 12.5. The van der Waals surface area contributed by atoms with Gasteiger partial charge >= 0.3 is 18.1 Å². The lowest BCUT2D eigenvalue weighted by molar-refractivity contribution is 0.0206. The van der Waals surface area contributed by atoms with Gasteiger partial charge in [0.15, 0.2) is 0 Å². The number of alkyl halides is 2. The van der Waals surface area contributed by atoms with Crippen LogP contribution in [0.2, 0.25) is 0 Å². The number of nitrogens with zero attached hydrogens (tertiary/aromatic N) is 2. The molecular weight excluding hydrogens is 428 g/mol. The molecule has 1 aliphatic rings. The van der Waals surface area contributed by atoms with Crippen molar-refractivity contribution in [3.8, 4) is 5.75 Å². The number of hydrogen-bond acceptors (Lipinski definition) is 6. The maximum Gasteiger partial charge on any atom is 0.410 e.